The van der Waals surface area contributed by atoms with E-state index in [1.807, 2.05) is 42.5 Å². The monoisotopic (exact) mass is 532 g/mol. The molecule has 2 unspecified atom stereocenters. The predicted molar refractivity (Wildman–Crippen MR) is 142 cm³/mol. The Morgan fingerprint density at radius 1 is 0.588 bits per heavy atom. The molecule has 2 N–H and O–H groups in total. The van der Waals surface area contributed by atoms with Crippen molar-refractivity contribution in [3.63, 3.8) is 0 Å². The number of hydrogen-bond donors (Lipinski definition) is 2. The lowest BCUT2D eigenvalue weighted by atomic mass is 9.94. The minimum atomic E-state index is -4.42. The van der Waals surface area contributed by atoms with Gasteiger partial charge in [-0.25, -0.2) is 0 Å². The van der Waals surface area contributed by atoms with Crippen LogP contribution in [0, 0.1) is 0 Å². The van der Waals surface area contributed by atoms with Gasteiger partial charge in [0, 0.05) is 0 Å². The third-order valence-corrected chi connectivity index (χ3v) is 7.99. The molecule has 0 amide bonds. The van der Waals surface area contributed by atoms with Crippen LogP contribution in [0.15, 0.2) is 107 Å². The quantitative estimate of drug-likeness (QED) is 0.285. The van der Waals surface area contributed by atoms with Crippen molar-refractivity contribution in [3.05, 3.63) is 97.1 Å². The van der Waals surface area contributed by atoms with Gasteiger partial charge in [0.2, 0.25) is 0 Å². The highest BCUT2D eigenvalue weighted by atomic mass is 32.2. The average Bonchev–Trinajstić information content (AvgIpc) is 2.79. The van der Waals surface area contributed by atoms with Gasteiger partial charge in [0.15, 0.2) is 0 Å². The van der Waals surface area contributed by atoms with Crippen LogP contribution in [0.2, 0.25) is 0 Å². The van der Waals surface area contributed by atoms with E-state index in [0.717, 1.165) is 10.6 Å². The third kappa shape index (κ3) is 5.97. The zero-order chi connectivity index (χ0) is 23.6. The Morgan fingerprint density at radius 3 is 1.71 bits per heavy atom. The van der Waals surface area contributed by atoms with Crippen LogP contribution < -0.4 is 10.6 Å². The topological polar surface area (TPSA) is 109 Å². The molecule has 0 aliphatic heterocycles. The van der Waals surface area contributed by atoms with Gasteiger partial charge in [0.1, 0.15) is 0 Å². The van der Waals surface area contributed by atoms with E-state index in [1.54, 1.807) is 24.3 Å². The van der Waals surface area contributed by atoms with Crippen LogP contribution in [-0.2, 0) is 20.2 Å². The minimum absolute atomic E-state index is 0. The summed E-state index contributed by atoms with van der Waals surface area (Å²) in [7, 11) is -8.59. The van der Waals surface area contributed by atoms with Crippen LogP contribution in [0.1, 0.15) is 0 Å². The normalized spacial score (nSPS) is 11.9. The summed E-state index contributed by atoms with van der Waals surface area (Å²) in [5.41, 5.74) is 2.46. The molecule has 34 heavy (non-hydrogen) atoms. The van der Waals surface area contributed by atoms with E-state index in [-0.39, 0.29) is 28.3 Å². The van der Waals surface area contributed by atoms with Crippen molar-refractivity contribution in [3.8, 4) is 22.3 Å². The van der Waals surface area contributed by atoms with E-state index in [2.05, 4.69) is 0 Å². The van der Waals surface area contributed by atoms with Gasteiger partial charge in [-0.1, -0.05) is 81.4 Å². The van der Waals surface area contributed by atoms with Crippen LogP contribution in [0.4, 0.5) is 0 Å². The zero-order valence-corrected chi connectivity index (χ0v) is 21.8. The van der Waals surface area contributed by atoms with Crippen molar-refractivity contribution < 1.29 is 25.9 Å². The molecule has 0 fully saturated rings. The highest BCUT2D eigenvalue weighted by Crippen LogP contribution is 2.35. The summed E-state index contributed by atoms with van der Waals surface area (Å²) in [6.07, 6.45) is 0. The maximum atomic E-state index is 11.8. The Kier molecular flexibility index (Phi) is 8.04. The molecule has 176 valence electrons. The highest BCUT2D eigenvalue weighted by molar-refractivity contribution is 7.86. The van der Waals surface area contributed by atoms with E-state index >= 15 is 0 Å². The van der Waals surface area contributed by atoms with E-state index < -0.39 is 20.2 Å². The lowest BCUT2D eigenvalue weighted by molar-refractivity contribution is 0.481. The molecule has 0 saturated carbocycles. The average molecular weight is 533 g/mol. The van der Waals surface area contributed by atoms with Gasteiger partial charge in [-0.2, -0.15) is 26.7 Å². The Morgan fingerprint density at radius 2 is 1.12 bits per heavy atom. The number of benzene rings is 4. The van der Waals surface area contributed by atoms with Crippen molar-refractivity contribution in [1.82, 2.24) is 0 Å². The maximum absolute atomic E-state index is 11.8. The molecule has 4 rings (SSSR count). The Balaban J connectivity index is 0.00000324. The summed E-state index contributed by atoms with van der Waals surface area (Å²) < 4.78 is 66.0. The fourth-order valence-corrected chi connectivity index (χ4v) is 5.83. The summed E-state index contributed by atoms with van der Waals surface area (Å²) in [5.74, 6) is 0. The molecular formula is C24H22O6P2S2. The van der Waals surface area contributed by atoms with Crippen LogP contribution in [-0.4, -0.2) is 25.9 Å². The summed E-state index contributed by atoms with van der Waals surface area (Å²) >= 11 is 0. The molecule has 0 spiro atoms. The van der Waals surface area contributed by atoms with Gasteiger partial charge in [-0.3, -0.25) is 9.11 Å². The molecular weight excluding hydrogens is 510 g/mol. The molecule has 10 heteroatoms. The van der Waals surface area contributed by atoms with Crippen molar-refractivity contribution in [2.75, 3.05) is 0 Å². The van der Waals surface area contributed by atoms with Gasteiger partial charge in [-0.15, -0.1) is 0 Å². The maximum Gasteiger partial charge on any atom is 0.294 e. The Labute approximate surface area is 204 Å². The van der Waals surface area contributed by atoms with Gasteiger partial charge in [-0.05, 0) is 57.1 Å². The van der Waals surface area contributed by atoms with Crippen molar-refractivity contribution in [2.45, 2.75) is 9.79 Å². The minimum Gasteiger partial charge on any atom is -0.282 e. The van der Waals surface area contributed by atoms with Crippen LogP contribution in [0.5, 0.6) is 0 Å². The smallest absolute Gasteiger partial charge is 0.282 e. The van der Waals surface area contributed by atoms with Gasteiger partial charge >= 0.3 is 0 Å². The largest absolute Gasteiger partial charge is 0.294 e. The fourth-order valence-electron chi connectivity index (χ4n) is 3.52. The Bertz CT molecular complexity index is 1540. The second-order valence-electron chi connectivity index (χ2n) is 7.22. The van der Waals surface area contributed by atoms with E-state index in [1.165, 1.54) is 30.3 Å². The number of rotatable bonds is 6. The first-order valence-corrected chi connectivity index (χ1v) is 13.6. The first-order valence-electron chi connectivity index (χ1n) is 9.74. The SMILES string of the molecule is O=S(=O)(O)c1cccc(-c2cccc(Pc3ccccc3)c2-c2cccc(S(=O)(=O)O)c2)c1.P. The molecule has 0 aromatic heterocycles. The van der Waals surface area contributed by atoms with Crippen molar-refractivity contribution in [1.29, 1.82) is 0 Å². The summed E-state index contributed by atoms with van der Waals surface area (Å²) in [6.45, 7) is 0. The van der Waals surface area contributed by atoms with Crippen molar-refractivity contribution >= 4 is 49.3 Å². The van der Waals surface area contributed by atoms with Crippen LogP contribution >= 0.6 is 18.5 Å². The first-order chi connectivity index (χ1) is 15.6. The van der Waals surface area contributed by atoms with Gasteiger partial charge in [0.25, 0.3) is 20.2 Å². The van der Waals surface area contributed by atoms with Gasteiger partial charge in [0.05, 0.1) is 9.79 Å². The zero-order valence-electron chi connectivity index (χ0n) is 17.8. The highest BCUT2D eigenvalue weighted by Gasteiger charge is 2.18. The second-order valence-corrected chi connectivity index (χ2v) is 11.4. The lowest BCUT2D eigenvalue weighted by Crippen LogP contribution is -2.08. The molecule has 0 bridgehead atoms. The van der Waals surface area contributed by atoms with Crippen molar-refractivity contribution in [2.24, 2.45) is 0 Å². The molecule has 0 aliphatic rings. The van der Waals surface area contributed by atoms with Gasteiger partial charge < -0.3 is 0 Å². The Hall–Kier alpha value is -2.44. The molecule has 2 atom stereocenters. The summed E-state index contributed by atoms with van der Waals surface area (Å²) in [6, 6.07) is 27.2. The van der Waals surface area contributed by atoms with E-state index in [0.29, 0.717) is 22.3 Å². The standard InChI is InChI=1S/C24H19O6PS2.H3P/c25-32(26,27)20-11-4-7-17(15-20)22-13-6-14-23(31-19-9-2-1-3-10-19)24(22)18-8-5-12-21(16-18)33(28,29)30;/h1-16,31H,(H,25,26,27)(H,28,29,30);1H3. The summed E-state index contributed by atoms with van der Waals surface area (Å²) in [5, 5.41) is 1.97. The molecule has 0 radical (unpaired) electrons. The molecule has 0 heterocycles. The summed E-state index contributed by atoms with van der Waals surface area (Å²) in [4.78, 5) is -0.482. The molecule has 0 saturated heterocycles. The second kappa shape index (κ2) is 10.4. The lowest BCUT2D eigenvalue weighted by Gasteiger charge is -2.17. The van der Waals surface area contributed by atoms with E-state index in [4.69, 9.17) is 0 Å². The first kappa shape index (κ1) is 26.2. The molecule has 4 aromatic carbocycles. The van der Waals surface area contributed by atoms with Crippen LogP contribution in [0.3, 0.4) is 0 Å². The third-order valence-electron chi connectivity index (χ3n) is 4.98. The molecule has 0 aliphatic carbocycles. The molecule has 4 aromatic rings. The molecule has 6 nitrogen and oxygen atoms in total. The predicted octanol–water partition coefficient (Wildman–Crippen LogP) is 4.20. The van der Waals surface area contributed by atoms with E-state index in [9.17, 15) is 25.9 Å². The fraction of sp³-hybridized carbons (Fsp3) is 0. The number of hydrogen-bond acceptors (Lipinski definition) is 4. The van der Waals surface area contributed by atoms with Crippen LogP contribution in [0.25, 0.3) is 22.3 Å².